The lowest BCUT2D eigenvalue weighted by molar-refractivity contribution is -0.116. The molecule has 0 saturated carbocycles. The van der Waals surface area contributed by atoms with E-state index in [1.807, 2.05) is 0 Å². The molecule has 0 N–H and O–H groups in total. The van der Waals surface area contributed by atoms with Crippen molar-refractivity contribution >= 4 is 27.5 Å². The van der Waals surface area contributed by atoms with Crippen molar-refractivity contribution in [1.82, 2.24) is 4.98 Å². The molecule has 0 aliphatic carbocycles. The van der Waals surface area contributed by atoms with Crippen LogP contribution in [0.3, 0.4) is 0 Å². The summed E-state index contributed by atoms with van der Waals surface area (Å²) in [7, 11) is 1.66. The molecule has 4 nitrogen and oxygen atoms in total. The van der Waals surface area contributed by atoms with Gasteiger partial charge in [-0.3, -0.25) is 4.79 Å². The maximum Gasteiger partial charge on any atom is 0.233 e. The van der Waals surface area contributed by atoms with Crippen molar-refractivity contribution in [2.45, 2.75) is 6.92 Å². The number of nitrogens with zero attached hydrogens (tertiary/aromatic N) is 2. The molecule has 1 aromatic carbocycles. The van der Waals surface area contributed by atoms with Crippen molar-refractivity contribution in [3.63, 3.8) is 0 Å². The van der Waals surface area contributed by atoms with E-state index in [4.69, 9.17) is 4.74 Å². The number of amides is 1. The standard InChI is InChI=1S/C14H12BrFN2O2/c1-9(19)18(2)11-7-13(15)14(17-8-11)20-12-5-3-10(16)4-6-12/h3-8H,1-2H3. The van der Waals surface area contributed by atoms with Crippen molar-refractivity contribution in [3.05, 3.63) is 46.8 Å². The molecular formula is C14H12BrFN2O2. The van der Waals surface area contributed by atoms with E-state index in [0.717, 1.165) is 0 Å². The third-order valence-electron chi connectivity index (χ3n) is 2.68. The molecule has 0 spiro atoms. The molecule has 0 bridgehead atoms. The lowest BCUT2D eigenvalue weighted by Gasteiger charge is -2.15. The first kappa shape index (κ1) is 14.5. The zero-order valence-corrected chi connectivity index (χ0v) is 12.5. The van der Waals surface area contributed by atoms with Crippen molar-refractivity contribution < 1.29 is 13.9 Å². The number of anilines is 1. The first-order valence-corrected chi connectivity index (χ1v) is 6.60. The van der Waals surface area contributed by atoms with Gasteiger partial charge in [-0.1, -0.05) is 0 Å². The third-order valence-corrected chi connectivity index (χ3v) is 3.25. The van der Waals surface area contributed by atoms with Crippen LogP contribution in [0.2, 0.25) is 0 Å². The van der Waals surface area contributed by atoms with Crippen LogP contribution < -0.4 is 9.64 Å². The van der Waals surface area contributed by atoms with E-state index in [1.54, 1.807) is 13.1 Å². The summed E-state index contributed by atoms with van der Waals surface area (Å²) in [5.41, 5.74) is 0.649. The van der Waals surface area contributed by atoms with E-state index in [9.17, 15) is 9.18 Å². The van der Waals surface area contributed by atoms with Gasteiger partial charge >= 0.3 is 0 Å². The Morgan fingerprint density at radius 2 is 2.00 bits per heavy atom. The van der Waals surface area contributed by atoms with Crippen LogP contribution in [0.25, 0.3) is 0 Å². The molecule has 1 heterocycles. The van der Waals surface area contributed by atoms with Crippen molar-refractivity contribution in [1.29, 1.82) is 0 Å². The minimum Gasteiger partial charge on any atom is -0.438 e. The summed E-state index contributed by atoms with van der Waals surface area (Å²) < 4.78 is 18.9. The van der Waals surface area contributed by atoms with Crippen LogP contribution in [-0.4, -0.2) is 17.9 Å². The van der Waals surface area contributed by atoms with Gasteiger partial charge in [0.15, 0.2) is 0 Å². The first-order valence-electron chi connectivity index (χ1n) is 5.80. The molecule has 0 unspecified atom stereocenters. The second kappa shape index (κ2) is 6.00. The Morgan fingerprint density at radius 1 is 1.35 bits per heavy atom. The van der Waals surface area contributed by atoms with Gasteiger partial charge in [-0.2, -0.15) is 0 Å². The lowest BCUT2D eigenvalue weighted by atomic mass is 10.3. The third kappa shape index (κ3) is 3.33. The average molecular weight is 339 g/mol. The second-order valence-corrected chi connectivity index (χ2v) is 4.97. The highest BCUT2D eigenvalue weighted by Crippen LogP contribution is 2.30. The van der Waals surface area contributed by atoms with Gasteiger partial charge in [0.2, 0.25) is 11.8 Å². The number of carbonyl (C=O) groups is 1. The minimum atomic E-state index is -0.331. The fourth-order valence-electron chi connectivity index (χ4n) is 1.47. The summed E-state index contributed by atoms with van der Waals surface area (Å²) in [6.07, 6.45) is 1.53. The van der Waals surface area contributed by atoms with Crippen LogP contribution >= 0.6 is 15.9 Å². The van der Waals surface area contributed by atoms with E-state index in [2.05, 4.69) is 20.9 Å². The van der Waals surface area contributed by atoms with Gasteiger partial charge in [0.1, 0.15) is 11.6 Å². The highest BCUT2D eigenvalue weighted by atomic mass is 79.9. The smallest absolute Gasteiger partial charge is 0.233 e. The summed E-state index contributed by atoms with van der Waals surface area (Å²) in [6, 6.07) is 7.37. The van der Waals surface area contributed by atoms with Crippen LogP contribution in [0.4, 0.5) is 10.1 Å². The Bertz CT molecular complexity index is 632. The Morgan fingerprint density at radius 3 is 2.55 bits per heavy atom. The Labute approximate surface area is 124 Å². The van der Waals surface area contributed by atoms with Crippen LogP contribution in [0, 0.1) is 5.82 Å². The van der Waals surface area contributed by atoms with Crippen LogP contribution in [0.1, 0.15) is 6.92 Å². The summed E-state index contributed by atoms with van der Waals surface area (Å²) in [5.74, 6) is 0.401. The topological polar surface area (TPSA) is 42.4 Å². The molecule has 0 saturated heterocycles. The van der Waals surface area contributed by atoms with E-state index in [0.29, 0.717) is 21.8 Å². The minimum absolute atomic E-state index is 0.0918. The maximum atomic E-state index is 12.8. The SMILES string of the molecule is CC(=O)N(C)c1cnc(Oc2ccc(F)cc2)c(Br)c1. The second-order valence-electron chi connectivity index (χ2n) is 4.11. The molecule has 6 heteroatoms. The molecule has 0 fully saturated rings. The quantitative estimate of drug-likeness (QED) is 0.855. The number of aromatic nitrogens is 1. The first-order chi connectivity index (χ1) is 9.47. The van der Waals surface area contributed by atoms with Gasteiger partial charge in [-0.15, -0.1) is 0 Å². The molecule has 104 valence electrons. The molecule has 1 amide bonds. The van der Waals surface area contributed by atoms with Gasteiger partial charge in [-0.05, 0) is 46.3 Å². The molecule has 1 aromatic heterocycles. The number of hydrogen-bond donors (Lipinski definition) is 0. The van der Waals surface area contributed by atoms with E-state index >= 15 is 0 Å². The predicted molar refractivity (Wildman–Crippen MR) is 77.5 cm³/mol. The highest BCUT2D eigenvalue weighted by Gasteiger charge is 2.10. The van der Waals surface area contributed by atoms with Crippen LogP contribution in [0.15, 0.2) is 41.0 Å². The number of rotatable bonds is 3. The van der Waals surface area contributed by atoms with E-state index in [1.165, 1.54) is 42.3 Å². The van der Waals surface area contributed by atoms with Gasteiger partial charge in [0.25, 0.3) is 0 Å². The Kier molecular flexibility index (Phi) is 4.34. The molecule has 0 aliphatic rings. The largest absolute Gasteiger partial charge is 0.438 e. The highest BCUT2D eigenvalue weighted by molar-refractivity contribution is 9.10. The van der Waals surface area contributed by atoms with Crippen molar-refractivity contribution in [2.24, 2.45) is 0 Å². The molecule has 2 aromatic rings. The Balaban J connectivity index is 2.21. The zero-order valence-electron chi connectivity index (χ0n) is 10.9. The van der Waals surface area contributed by atoms with E-state index in [-0.39, 0.29) is 11.7 Å². The van der Waals surface area contributed by atoms with Gasteiger partial charge in [0.05, 0.1) is 16.4 Å². The van der Waals surface area contributed by atoms with Gasteiger partial charge in [-0.25, -0.2) is 9.37 Å². The fraction of sp³-hybridized carbons (Fsp3) is 0.143. The molecule has 0 aliphatic heterocycles. The number of benzene rings is 1. The maximum absolute atomic E-state index is 12.8. The normalized spacial score (nSPS) is 10.2. The number of halogens is 2. The summed E-state index contributed by atoms with van der Waals surface area (Å²) in [5, 5.41) is 0. The average Bonchev–Trinajstić information content (AvgIpc) is 2.42. The predicted octanol–water partition coefficient (Wildman–Crippen LogP) is 3.76. The number of hydrogen-bond acceptors (Lipinski definition) is 3. The molecular weight excluding hydrogens is 327 g/mol. The number of pyridine rings is 1. The van der Waals surface area contributed by atoms with Gasteiger partial charge < -0.3 is 9.64 Å². The monoisotopic (exact) mass is 338 g/mol. The zero-order chi connectivity index (χ0) is 14.7. The van der Waals surface area contributed by atoms with Crippen LogP contribution in [-0.2, 0) is 4.79 Å². The summed E-state index contributed by atoms with van der Waals surface area (Å²) in [6.45, 7) is 1.47. The molecule has 0 radical (unpaired) electrons. The van der Waals surface area contributed by atoms with Crippen LogP contribution in [0.5, 0.6) is 11.6 Å². The fourth-order valence-corrected chi connectivity index (χ4v) is 1.89. The molecule has 20 heavy (non-hydrogen) atoms. The van der Waals surface area contributed by atoms with E-state index < -0.39 is 0 Å². The summed E-state index contributed by atoms with van der Waals surface area (Å²) >= 11 is 3.34. The number of carbonyl (C=O) groups excluding carboxylic acids is 1. The lowest BCUT2D eigenvalue weighted by Crippen LogP contribution is -2.22. The van der Waals surface area contributed by atoms with Crippen molar-refractivity contribution in [2.75, 3.05) is 11.9 Å². The van der Waals surface area contributed by atoms with Crippen molar-refractivity contribution in [3.8, 4) is 11.6 Å². The molecule has 2 rings (SSSR count). The van der Waals surface area contributed by atoms with Gasteiger partial charge in [0, 0.05) is 14.0 Å². The Hall–Kier alpha value is -1.95. The summed E-state index contributed by atoms with van der Waals surface area (Å²) in [4.78, 5) is 16.9. The molecule has 0 atom stereocenters. The number of ether oxygens (including phenoxy) is 1.